The first-order valence-electron chi connectivity index (χ1n) is 34.4. The summed E-state index contributed by atoms with van der Waals surface area (Å²) in [5.41, 5.74) is 5.92. The molecular weight excluding hydrogens is 917 g/mol. The van der Waals surface area contributed by atoms with E-state index in [0.29, 0.717) is 0 Å². The molecule has 76 heavy (non-hydrogen) atoms. The summed E-state index contributed by atoms with van der Waals surface area (Å²) in [6.07, 6.45) is 85.5. The second-order valence-corrected chi connectivity index (χ2v) is 23.6. The fraction of sp³-hybridized carbons (Fsp3) is 0.757. The normalized spacial score (nSPS) is 12.2. The predicted molar refractivity (Wildman–Crippen MR) is 346 cm³/mol. The van der Waals surface area contributed by atoms with Crippen molar-refractivity contribution in [2.24, 2.45) is 9.98 Å². The van der Waals surface area contributed by atoms with Gasteiger partial charge < -0.3 is 0 Å². The zero-order chi connectivity index (χ0) is 54.0. The summed E-state index contributed by atoms with van der Waals surface area (Å²) < 4.78 is 0. The van der Waals surface area contributed by atoms with Gasteiger partial charge >= 0.3 is 0 Å². The van der Waals surface area contributed by atoms with Gasteiger partial charge in [-0.05, 0) is 93.9 Å². The Bertz CT molecular complexity index is 1610. The van der Waals surface area contributed by atoms with Crippen molar-refractivity contribution in [1.82, 2.24) is 0 Å². The number of aryl methyl sites for hydroxylation is 2. The van der Waals surface area contributed by atoms with E-state index in [1.54, 1.807) is 0 Å². The summed E-state index contributed by atoms with van der Waals surface area (Å²) in [6.45, 7) is 6.81. The van der Waals surface area contributed by atoms with E-state index in [4.69, 9.17) is 9.98 Å². The van der Waals surface area contributed by atoms with Crippen LogP contribution < -0.4 is 0 Å². The lowest BCUT2D eigenvalue weighted by atomic mass is 10.0. The third-order valence-electron chi connectivity index (χ3n) is 16.4. The molecule has 0 bridgehead atoms. The minimum atomic E-state index is 0.868. The minimum absolute atomic E-state index is 0.868. The van der Waals surface area contributed by atoms with Crippen LogP contribution in [0.4, 0.5) is 11.4 Å². The van der Waals surface area contributed by atoms with Gasteiger partial charge in [-0.25, -0.2) is 0 Å². The Hall–Kier alpha value is -2.74. The molecule has 0 aromatic heterocycles. The Morgan fingerprint density at radius 2 is 0.539 bits per heavy atom. The highest BCUT2D eigenvalue weighted by molar-refractivity contribution is 6.31. The van der Waals surface area contributed by atoms with Crippen molar-refractivity contribution >= 4 is 23.3 Å². The molecule has 0 spiro atoms. The van der Waals surface area contributed by atoms with Gasteiger partial charge in [0.1, 0.15) is 0 Å². The number of hydrogen-bond donors (Lipinski definition) is 0. The molecule has 0 unspecified atom stereocenters. The monoisotopic (exact) mass is 1050 g/mol. The van der Waals surface area contributed by atoms with Gasteiger partial charge in [-0.1, -0.05) is 351 Å². The lowest BCUT2D eigenvalue weighted by Gasteiger charge is -2.07. The van der Waals surface area contributed by atoms with E-state index in [2.05, 4.69) is 93.6 Å². The average Bonchev–Trinajstić information content (AvgIpc) is 3.44. The Morgan fingerprint density at radius 3 is 0.842 bits per heavy atom. The molecule has 2 aromatic rings. The van der Waals surface area contributed by atoms with Crippen LogP contribution in [0.3, 0.4) is 0 Å². The highest BCUT2D eigenvalue weighted by Crippen LogP contribution is 2.24. The fourth-order valence-corrected chi connectivity index (χ4v) is 11.2. The number of aliphatic imine (C=N–C) groups is 2. The van der Waals surface area contributed by atoms with E-state index >= 15 is 0 Å². The Labute approximate surface area is 476 Å². The summed E-state index contributed by atoms with van der Waals surface area (Å²) in [5.74, 6) is 0. The van der Waals surface area contributed by atoms with Crippen LogP contribution in [0.2, 0.25) is 0 Å². The zero-order valence-corrected chi connectivity index (χ0v) is 51.4. The van der Waals surface area contributed by atoms with E-state index in [0.717, 1.165) is 49.2 Å². The smallest absolute Gasteiger partial charge is 0.0665 e. The predicted octanol–water partition coefficient (Wildman–Crippen LogP) is 26.3. The highest BCUT2D eigenvalue weighted by atomic mass is 14.8. The topological polar surface area (TPSA) is 24.7 Å². The molecule has 0 saturated carbocycles. The van der Waals surface area contributed by atoms with Crippen molar-refractivity contribution in [3.8, 4) is 0 Å². The van der Waals surface area contributed by atoms with Crippen LogP contribution in [0.1, 0.15) is 359 Å². The number of hydrogen-bond acceptors (Lipinski definition) is 2. The molecule has 2 rings (SSSR count). The van der Waals surface area contributed by atoms with Gasteiger partial charge in [-0.15, -0.1) is 0 Å². The molecule has 434 valence electrons. The van der Waals surface area contributed by atoms with Gasteiger partial charge in [0, 0.05) is 6.21 Å². The molecule has 0 saturated heterocycles. The van der Waals surface area contributed by atoms with Crippen LogP contribution in [0.5, 0.6) is 0 Å². The quantitative estimate of drug-likeness (QED) is 0.0358. The van der Waals surface area contributed by atoms with Crippen LogP contribution in [0.25, 0.3) is 0 Å². The third-order valence-corrected chi connectivity index (χ3v) is 16.4. The first-order valence-corrected chi connectivity index (χ1v) is 34.4. The first-order chi connectivity index (χ1) is 37.8. The molecule has 2 nitrogen and oxygen atoms in total. The Morgan fingerprint density at radius 1 is 0.289 bits per heavy atom. The van der Waals surface area contributed by atoms with Gasteiger partial charge in [0.05, 0.1) is 17.1 Å². The lowest BCUT2D eigenvalue weighted by Crippen LogP contribution is -1.98. The van der Waals surface area contributed by atoms with Crippen LogP contribution in [0, 0.1) is 0 Å². The average molecular weight is 1050 g/mol. The Balaban J connectivity index is 1.45. The van der Waals surface area contributed by atoms with Crippen molar-refractivity contribution in [3.63, 3.8) is 0 Å². The molecule has 2 heteroatoms. The molecular formula is C74H128N2. The van der Waals surface area contributed by atoms with E-state index in [-0.39, 0.29) is 0 Å². The summed E-state index contributed by atoms with van der Waals surface area (Å²) in [4.78, 5) is 10.1. The molecule has 0 fully saturated rings. The number of nitrogens with zero attached hydrogens (tertiary/aromatic N) is 2. The maximum atomic E-state index is 5.15. The van der Waals surface area contributed by atoms with Crippen molar-refractivity contribution in [2.75, 3.05) is 0 Å². The van der Waals surface area contributed by atoms with Gasteiger partial charge in [0.2, 0.25) is 0 Å². The summed E-state index contributed by atoms with van der Waals surface area (Å²) in [6, 6.07) is 17.4. The van der Waals surface area contributed by atoms with Crippen molar-refractivity contribution in [3.05, 3.63) is 84.0 Å². The molecule has 0 atom stereocenters. The third kappa shape index (κ3) is 45.2. The van der Waals surface area contributed by atoms with Gasteiger partial charge in [0.25, 0.3) is 0 Å². The highest BCUT2D eigenvalue weighted by Gasteiger charge is 2.05. The van der Waals surface area contributed by atoms with Crippen molar-refractivity contribution in [2.45, 2.75) is 361 Å². The van der Waals surface area contributed by atoms with Crippen LogP contribution >= 0.6 is 0 Å². The van der Waals surface area contributed by atoms with Gasteiger partial charge in [0.15, 0.2) is 0 Å². The van der Waals surface area contributed by atoms with E-state index in [9.17, 15) is 0 Å². The maximum Gasteiger partial charge on any atom is 0.0665 e. The van der Waals surface area contributed by atoms with E-state index in [1.807, 2.05) is 6.21 Å². The second kappa shape index (κ2) is 57.0. The summed E-state index contributed by atoms with van der Waals surface area (Å²) in [7, 11) is 0. The van der Waals surface area contributed by atoms with Gasteiger partial charge in [-0.2, -0.15) is 0 Å². The maximum absolute atomic E-state index is 5.15. The van der Waals surface area contributed by atoms with E-state index in [1.165, 1.54) is 319 Å². The standard InChI is InChI=1S/C74H128N2/c1-4-7-9-11-13-15-17-19-21-23-25-27-29-31-33-35-37-39-41-43-45-47-49-51-53-55-57-63-70-65-59-61-67-73(70)75-69-72(6-3)76-74-68-62-60-66-71(74)64-58-56-54-52-50-48-46-44-42-40-38-36-34-32-30-28-26-24-22-20-18-16-14-12-10-8-5-2/h51-54,59-62,65-69H,4-50,55-58,63-64H2,1-3H3. The summed E-state index contributed by atoms with van der Waals surface area (Å²) >= 11 is 0. The minimum Gasteiger partial charge on any atom is -0.255 e. The van der Waals surface area contributed by atoms with Crippen LogP contribution in [-0.4, -0.2) is 11.9 Å². The lowest BCUT2D eigenvalue weighted by molar-refractivity contribution is 0.519. The number of unbranched alkanes of at least 4 members (excludes halogenated alkanes) is 46. The number of allylic oxidation sites excluding steroid dienone is 4. The zero-order valence-electron chi connectivity index (χ0n) is 51.4. The first kappa shape index (κ1) is 69.4. The fourth-order valence-electron chi connectivity index (χ4n) is 11.2. The molecule has 0 aliphatic rings. The molecule has 0 amide bonds. The molecule has 2 aromatic carbocycles. The molecule has 0 radical (unpaired) electrons. The summed E-state index contributed by atoms with van der Waals surface area (Å²) in [5, 5.41) is 0. The second-order valence-electron chi connectivity index (χ2n) is 23.6. The van der Waals surface area contributed by atoms with Crippen LogP contribution in [-0.2, 0) is 12.8 Å². The SMILES string of the molecule is CCCCCCCCCCCCCCCCCCCCCCCCC=CCCCc1ccccc1N=CC(CC)=Nc1ccccc1CCCC=CCCCCCCCCCCCCCCCCCCCCCCCC. The number of rotatable bonds is 58. The molecule has 0 aliphatic carbocycles. The van der Waals surface area contributed by atoms with Crippen molar-refractivity contribution < 1.29 is 0 Å². The largest absolute Gasteiger partial charge is 0.255 e. The molecule has 0 heterocycles. The molecule has 0 N–H and O–H groups in total. The van der Waals surface area contributed by atoms with Crippen molar-refractivity contribution in [1.29, 1.82) is 0 Å². The molecule has 0 aliphatic heterocycles. The van der Waals surface area contributed by atoms with Gasteiger partial charge in [-0.3, -0.25) is 9.98 Å². The number of benzene rings is 2. The Kier molecular flexibility index (Phi) is 52.0. The van der Waals surface area contributed by atoms with E-state index < -0.39 is 0 Å². The number of para-hydroxylation sites is 2. The van der Waals surface area contributed by atoms with Crippen LogP contribution in [0.15, 0.2) is 82.8 Å².